The molecule has 0 heterocycles. The average molecular weight is 296 g/mol. The van der Waals surface area contributed by atoms with Crippen molar-refractivity contribution in [2.75, 3.05) is 0 Å². The van der Waals surface area contributed by atoms with E-state index in [0.717, 1.165) is 16.5 Å². The number of rotatable bonds is 2. The summed E-state index contributed by atoms with van der Waals surface area (Å²) in [5, 5.41) is 3.15. The zero-order chi connectivity index (χ0) is 12.3. The Labute approximate surface area is 111 Å². The minimum absolute atomic E-state index is 0.0463. The third kappa shape index (κ3) is 3.32. The number of nitrogens with one attached hydrogen (secondary N) is 1. The van der Waals surface area contributed by atoms with Crippen LogP contribution in [0.15, 0.2) is 28.7 Å². The normalized spacial score (nSPS) is 24.4. The highest BCUT2D eigenvalue weighted by Crippen LogP contribution is 2.24. The second-order valence-corrected chi connectivity index (χ2v) is 5.77. The van der Waals surface area contributed by atoms with E-state index in [1.165, 1.54) is 19.3 Å². The average Bonchev–Trinajstić information content (AvgIpc) is 2.32. The van der Waals surface area contributed by atoms with Gasteiger partial charge in [-0.15, -0.1) is 0 Å². The van der Waals surface area contributed by atoms with Crippen molar-refractivity contribution in [1.29, 1.82) is 0 Å². The molecule has 1 aromatic carbocycles. The molecule has 1 amide bonds. The highest BCUT2D eigenvalue weighted by atomic mass is 79.9. The maximum atomic E-state index is 12.1. The molecule has 1 fully saturated rings. The van der Waals surface area contributed by atoms with Crippen LogP contribution < -0.4 is 5.32 Å². The van der Waals surface area contributed by atoms with Gasteiger partial charge in [-0.25, -0.2) is 0 Å². The zero-order valence-corrected chi connectivity index (χ0v) is 11.7. The Kier molecular flexibility index (Phi) is 4.21. The van der Waals surface area contributed by atoms with Crippen LogP contribution in [-0.4, -0.2) is 11.9 Å². The summed E-state index contributed by atoms with van der Waals surface area (Å²) >= 11 is 3.39. The SMILES string of the molecule is C[C@@H]1CCCC[C@@H]1NC(=O)c1cccc(Br)c1. The summed E-state index contributed by atoms with van der Waals surface area (Å²) in [4.78, 5) is 12.1. The van der Waals surface area contributed by atoms with Crippen molar-refractivity contribution in [3.8, 4) is 0 Å². The number of carbonyl (C=O) groups is 1. The lowest BCUT2D eigenvalue weighted by molar-refractivity contribution is 0.0910. The first-order valence-electron chi connectivity index (χ1n) is 6.23. The molecule has 2 rings (SSSR count). The lowest BCUT2D eigenvalue weighted by Gasteiger charge is -2.29. The maximum absolute atomic E-state index is 12.1. The van der Waals surface area contributed by atoms with E-state index >= 15 is 0 Å². The Morgan fingerprint density at radius 1 is 1.35 bits per heavy atom. The lowest BCUT2D eigenvalue weighted by Crippen LogP contribution is -2.41. The van der Waals surface area contributed by atoms with E-state index in [9.17, 15) is 4.79 Å². The number of halogens is 1. The first-order valence-corrected chi connectivity index (χ1v) is 7.02. The smallest absolute Gasteiger partial charge is 0.251 e. The summed E-state index contributed by atoms with van der Waals surface area (Å²) in [6, 6.07) is 7.88. The van der Waals surface area contributed by atoms with Crippen molar-refractivity contribution >= 4 is 21.8 Å². The molecule has 0 radical (unpaired) electrons. The van der Waals surface area contributed by atoms with E-state index in [1.807, 2.05) is 24.3 Å². The summed E-state index contributed by atoms with van der Waals surface area (Å²) in [6.07, 6.45) is 4.86. The van der Waals surface area contributed by atoms with Crippen molar-refractivity contribution in [2.24, 2.45) is 5.92 Å². The first kappa shape index (κ1) is 12.6. The Morgan fingerprint density at radius 3 is 2.82 bits per heavy atom. The van der Waals surface area contributed by atoms with Crippen LogP contribution in [-0.2, 0) is 0 Å². The summed E-state index contributed by atoms with van der Waals surface area (Å²) in [6.45, 7) is 2.23. The number of amides is 1. The molecule has 1 aliphatic carbocycles. The van der Waals surface area contributed by atoms with Gasteiger partial charge in [-0.2, -0.15) is 0 Å². The first-order chi connectivity index (χ1) is 8.16. The van der Waals surface area contributed by atoms with Gasteiger partial charge in [-0.05, 0) is 37.0 Å². The van der Waals surface area contributed by atoms with Crippen molar-refractivity contribution in [3.63, 3.8) is 0 Å². The van der Waals surface area contributed by atoms with Gasteiger partial charge < -0.3 is 5.32 Å². The van der Waals surface area contributed by atoms with Crippen molar-refractivity contribution < 1.29 is 4.79 Å². The van der Waals surface area contributed by atoms with Gasteiger partial charge in [0, 0.05) is 16.1 Å². The fourth-order valence-corrected chi connectivity index (χ4v) is 2.81. The number of carbonyl (C=O) groups excluding carboxylic acids is 1. The van der Waals surface area contributed by atoms with E-state index in [0.29, 0.717) is 12.0 Å². The Balaban J connectivity index is 2.01. The summed E-state index contributed by atoms with van der Waals surface area (Å²) in [5.41, 5.74) is 0.733. The van der Waals surface area contributed by atoms with Gasteiger partial charge >= 0.3 is 0 Å². The molecule has 0 aliphatic heterocycles. The molecule has 0 spiro atoms. The lowest BCUT2D eigenvalue weighted by atomic mass is 9.86. The summed E-state index contributed by atoms with van der Waals surface area (Å²) in [7, 11) is 0. The molecule has 1 aromatic rings. The highest BCUT2D eigenvalue weighted by molar-refractivity contribution is 9.10. The van der Waals surface area contributed by atoms with Crippen LogP contribution in [0.1, 0.15) is 43.0 Å². The molecular formula is C14H18BrNO. The molecule has 1 N–H and O–H groups in total. The summed E-state index contributed by atoms with van der Waals surface area (Å²) in [5.74, 6) is 0.643. The zero-order valence-electron chi connectivity index (χ0n) is 10.1. The van der Waals surface area contributed by atoms with Crippen LogP contribution in [0.3, 0.4) is 0 Å². The van der Waals surface area contributed by atoms with Crippen LogP contribution in [0.5, 0.6) is 0 Å². The largest absolute Gasteiger partial charge is 0.349 e. The predicted octanol–water partition coefficient (Wildman–Crippen LogP) is 3.76. The van der Waals surface area contributed by atoms with Gasteiger partial charge in [0.1, 0.15) is 0 Å². The molecule has 1 saturated carbocycles. The van der Waals surface area contributed by atoms with Crippen LogP contribution in [0.4, 0.5) is 0 Å². The standard InChI is InChI=1S/C14H18BrNO/c1-10-5-2-3-8-13(10)16-14(17)11-6-4-7-12(15)9-11/h4,6-7,9-10,13H,2-3,5,8H2,1H3,(H,16,17)/t10-,13+/m1/s1. The molecule has 92 valence electrons. The minimum atomic E-state index is 0.0463. The van der Waals surface area contributed by atoms with Crippen LogP contribution in [0, 0.1) is 5.92 Å². The minimum Gasteiger partial charge on any atom is -0.349 e. The van der Waals surface area contributed by atoms with Gasteiger partial charge in [-0.1, -0.05) is 41.8 Å². The van der Waals surface area contributed by atoms with Crippen LogP contribution in [0.25, 0.3) is 0 Å². The molecule has 2 atom stereocenters. The topological polar surface area (TPSA) is 29.1 Å². The van der Waals surface area contributed by atoms with Crippen LogP contribution >= 0.6 is 15.9 Å². The predicted molar refractivity (Wildman–Crippen MR) is 73.0 cm³/mol. The van der Waals surface area contributed by atoms with Gasteiger partial charge in [-0.3, -0.25) is 4.79 Å². The molecule has 3 heteroatoms. The summed E-state index contributed by atoms with van der Waals surface area (Å²) < 4.78 is 0.946. The molecule has 17 heavy (non-hydrogen) atoms. The van der Waals surface area contributed by atoms with E-state index in [2.05, 4.69) is 28.2 Å². The Bertz CT molecular complexity index is 405. The van der Waals surface area contributed by atoms with Crippen molar-refractivity contribution in [3.05, 3.63) is 34.3 Å². The molecule has 0 unspecified atom stereocenters. The highest BCUT2D eigenvalue weighted by Gasteiger charge is 2.23. The number of benzene rings is 1. The monoisotopic (exact) mass is 295 g/mol. The van der Waals surface area contributed by atoms with E-state index in [4.69, 9.17) is 0 Å². The molecule has 0 aromatic heterocycles. The number of hydrogen-bond donors (Lipinski definition) is 1. The molecular weight excluding hydrogens is 278 g/mol. The fraction of sp³-hybridized carbons (Fsp3) is 0.500. The number of hydrogen-bond acceptors (Lipinski definition) is 1. The quantitative estimate of drug-likeness (QED) is 0.884. The van der Waals surface area contributed by atoms with E-state index < -0.39 is 0 Å². The van der Waals surface area contributed by atoms with E-state index in [1.54, 1.807) is 0 Å². The second kappa shape index (κ2) is 5.67. The van der Waals surface area contributed by atoms with Crippen LogP contribution in [0.2, 0.25) is 0 Å². The third-order valence-electron chi connectivity index (χ3n) is 3.51. The fourth-order valence-electron chi connectivity index (χ4n) is 2.41. The Morgan fingerprint density at radius 2 is 2.12 bits per heavy atom. The van der Waals surface area contributed by atoms with Gasteiger partial charge in [0.25, 0.3) is 5.91 Å². The van der Waals surface area contributed by atoms with Gasteiger partial charge in [0.2, 0.25) is 0 Å². The molecule has 0 saturated heterocycles. The van der Waals surface area contributed by atoms with Crippen molar-refractivity contribution in [1.82, 2.24) is 5.32 Å². The van der Waals surface area contributed by atoms with Crippen molar-refractivity contribution in [2.45, 2.75) is 38.6 Å². The third-order valence-corrected chi connectivity index (χ3v) is 4.01. The van der Waals surface area contributed by atoms with Gasteiger partial charge in [0.05, 0.1) is 0 Å². The van der Waals surface area contributed by atoms with E-state index in [-0.39, 0.29) is 5.91 Å². The Hall–Kier alpha value is -0.830. The molecule has 1 aliphatic rings. The molecule has 2 nitrogen and oxygen atoms in total. The van der Waals surface area contributed by atoms with Gasteiger partial charge in [0.15, 0.2) is 0 Å². The molecule has 0 bridgehead atoms. The maximum Gasteiger partial charge on any atom is 0.251 e. The second-order valence-electron chi connectivity index (χ2n) is 4.85.